The predicted octanol–water partition coefficient (Wildman–Crippen LogP) is 7.27. The zero-order valence-electron chi connectivity index (χ0n) is 19.0. The number of anilines is 1. The highest BCUT2D eigenvalue weighted by atomic mass is 32.2. The molecule has 1 aliphatic rings. The van der Waals surface area contributed by atoms with E-state index in [0.29, 0.717) is 9.23 Å². The molecule has 2 heterocycles. The number of hydrogen-bond donors (Lipinski definition) is 0. The van der Waals surface area contributed by atoms with Gasteiger partial charge in [-0.3, -0.25) is 9.69 Å². The molecule has 1 aliphatic heterocycles. The summed E-state index contributed by atoms with van der Waals surface area (Å²) < 4.78 is 2.81. The molecule has 164 valence electrons. The van der Waals surface area contributed by atoms with Crippen molar-refractivity contribution in [2.45, 2.75) is 27.7 Å². The molecule has 0 unspecified atom stereocenters. The van der Waals surface area contributed by atoms with Crippen LogP contribution in [0.5, 0.6) is 0 Å². The summed E-state index contributed by atoms with van der Waals surface area (Å²) in [5.74, 6) is -0.0609. The Labute approximate surface area is 203 Å². The van der Waals surface area contributed by atoms with Gasteiger partial charge in [-0.1, -0.05) is 66.4 Å². The molecule has 0 atom stereocenters. The van der Waals surface area contributed by atoms with Crippen molar-refractivity contribution in [3.63, 3.8) is 0 Å². The zero-order chi connectivity index (χ0) is 23.3. The Morgan fingerprint density at radius 1 is 0.879 bits per heavy atom. The first-order valence-electron chi connectivity index (χ1n) is 10.9. The van der Waals surface area contributed by atoms with E-state index < -0.39 is 0 Å². The van der Waals surface area contributed by atoms with Gasteiger partial charge in [0.05, 0.1) is 10.6 Å². The Kier molecular flexibility index (Phi) is 5.47. The largest absolute Gasteiger partial charge is 0.318 e. The molecule has 3 nitrogen and oxygen atoms in total. The second kappa shape index (κ2) is 8.32. The normalized spacial score (nSPS) is 15.3. The van der Waals surface area contributed by atoms with Gasteiger partial charge >= 0.3 is 0 Å². The molecule has 5 heteroatoms. The highest BCUT2D eigenvalue weighted by molar-refractivity contribution is 8.27. The Morgan fingerprint density at radius 3 is 2.42 bits per heavy atom. The van der Waals surface area contributed by atoms with Gasteiger partial charge in [-0.2, -0.15) is 0 Å². The molecule has 4 aromatic rings. The first kappa shape index (κ1) is 21.7. The molecule has 0 aliphatic carbocycles. The molecule has 1 aromatic heterocycles. The molecule has 1 saturated heterocycles. The zero-order valence-corrected chi connectivity index (χ0v) is 20.7. The monoisotopic (exact) mass is 468 g/mol. The van der Waals surface area contributed by atoms with Gasteiger partial charge in [-0.15, -0.1) is 0 Å². The highest BCUT2D eigenvalue weighted by Gasteiger charge is 2.34. The number of rotatable bonds is 3. The molecule has 0 saturated carbocycles. The van der Waals surface area contributed by atoms with Crippen LogP contribution in [0.15, 0.2) is 71.6 Å². The number of amides is 1. The summed E-state index contributed by atoms with van der Waals surface area (Å²) in [5, 5.41) is 2.43. The molecule has 3 aromatic carbocycles. The maximum atomic E-state index is 13.3. The van der Waals surface area contributed by atoms with E-state index in [1.165, 1.54) is 22.5 Å². The fraction of sp³-hybridized carbons (Fsp3) is 0.143. The molecule has 0 N–H and O–H groups in total. The molecule has 5 rings (SSSR count). The molecular formula is C28H24N2OS2. The molecule has 0 bridgehead atoms. The van der Waals surface area contributed by atoms with E-state index >= 15 is 0 Å². The van der Waals surface area contributed by atoms with Crippen molar-refractivity contribution in [1.29, 1.82) is 0 Å². The number of hydrogen-bond acceptors (Lipinski definition) is 3. The molecular weight excluding hydrogens is 444 g/mol. The van der Waals surface area contributed by atoms with E-state index in [4.69, 9.17) is 12.2 Å². The Balaban J connectivity index is 1.53. The van der Waals surface area contributed by atoms with E-state index in [2.05, 4.69) is 66.9 Å². The maximum Gasteiger partial charge on any atom is 0.270 e. The predicted molar refractivity (Wildman–Crippen MR) is 144 cm³/mol. The van der Waals surface area contributed by atoms with E-state index in [1.807, 2.05) is 38.1 Å². The molecule has 0 spiro atoms. The Morgan fingerprint density at radius 2 is 1.64 bits per heavy atom. The minimum Gasteiger partial charge on any atom is -0.318 e. The van der Waals surface area contributed by atoms with Gasteiger partial charge in [0.25, 0.3) is 5.91 Å². The van der Waals surface area contributed by atoms with E-state index in [0.717, 1.165) is 39.5 Å². The number of fused-ring (bicyclic) bond motifs is 1. The van der Waals surface area contributed by atoms with Crippen LogP contribution < -0.4 is 4.90 Å². The topological polar surface area (TPSA) is 25.2 Å². The van der Waals surface area contributed by atoms with Crippen molar-refractivity contribution in [2.75, 3.05) is 4.90 Å². The second-order valence-corrected chi connectivity index (χ2v) is 10.1. The summed E-state index contributed by atoms with van der Waals surface area (Å²) in [7, 11) is 0. The van der Waals surface area contributed by atoms with Crippen molar-refractivity contribution in [3.8, 4) is 5.69 Å². The highest BCUT2D eigenvalue weighted by Crippen LogP contribution is 2.38. The number of nitrogens with zero attached hydrogens (tertiary/aromatic N) is 2. The summed E-state index contributed by atoms with van der Waals surface area (Å²) in [6.07, 6.45) is 1.98. The minimum absolute atomic E-state index is 0.0609. The van der Waals surface area contributed by atoms with Gasteiger partial charge in [-0.05, 0) is 85.5 Å². The van der Waals surface area contributed by atoms with Crippen LogP contribution in [-0.2, 0) is 4.79 Å². The average molecular weight is 469 g/mol. The number of carbonyl (C=O) groups is 1. The van der Waals surface area contributed by atoms with E-state index in [9.17, 15) is 4.79 Å². The summed E-state index contributed by atoms with van der Waals surface area (Å²) in [6.45, 7) is 8.28. The minimum atomic E-state index is -0.0609. The third kappa shape index (κ3) is 3.71. The number of thioether (sulfide) groups is 1. The van der Waals surface area contributed by atoms with Crippen LogP contribution in [0.2, 0.25) is 0 Å². The Bertz CT molecular complexity index is 1480. The number of benzene rings is 3. The van der Waals surface area contributed by atoms with Crippen LogP contribution >= 0.6 is 24.0 Å². The van der Waals surface area contributed by atoms with Crippen molar-refractivity contribution in [2.24, 2.45) is 0 Å². The van der Waals surface area contributed by atoms with Crippen LogP contribution in [0, 0.1) is 27.7 Å². The van der Waals surface area contributed by atoms with Gasteiger partial charge in [0.1, 0.15) is 0 Å². The second-order valence-electron chi connectivity index (χ2n) is 8.43. The van der Waals surface area contributed by atoms with Gasteiger partial charge < -0.3 is 4.57 Å². The van der Waals surface area contributed by atoms with Crippen LogP contribution in [0.1, 0.15) is 28.1 Å². The van der Waals surface area contributed by atoms with E-state index in [1.54, 1.807) is 4.90 Å². The van der Waals surface area contributed by atoms with Crippen molar-refractivity contribution >= 4 is 56.7 Å². The quantitative estimate of drug-likeness (QED) is 0.233. The van der Waals surface area contributed by atoms with Gasteiger partial charge in [0.2, 0.25) is 0 Å². The first-order valence-corrected chi connectivity index (χ1v) is 12.1. The average Bonchev–Trinajstić information content (AvgIpc) is 3.24. The standard InChI is InChI=1S/C28H24N2OS2/c1-17-8-7-11-25(19(17)3)30-27(31)26(33-28(30)32)16-23-14-18(2)29(20(23)4)24-13-12-21-9-5-6-10-22(21)15-24/h5-16H,1-4H3/b26-16-. The molecule has 1 fully saturated rings. The summed E-state index contributed by atoms with van der Waals surface area (Å²) in [6, 6.07) is 23.0. The smallest absolute Gasteiger partial charge is 0.270 e. The lowest BCUT2D eigenvalue weighted by molar-refractivity contribution is -0.113. The van der Waals surface area contributed by atoms with Crippen LogP contribution in [0.25, 0.3) is 22.5 Å². The summed E-state index contributed by atoms with van der Waals surface area (Å²) >= 11 is 6.97. The van der Waals surface area contributed by atoms with Crippen molar-refractivity contribution in [3.05, 3.63) is 99.7 Å². The summed E-state index contributed by atoms with van der Waals surface area (Å²) in [4.78, 5) is 15.7. The van der Waals surface area contributed by atoms with Crippen LogP contribution in [0.3, 0.4) is 0 Å². The van der Waals surface area contributed by atoms with Crippen LogP contribution in [0.4, 0.5) is 5.69 Å². The van der Waals surface area contributed by atoms with E-state index in [-0.39, 0.29) is 5.91 Å². The fourth-order valence-electron chi connectivity index (χ4n) is 4.44. The Hall–Kier alpha value is -3.15. The first-order chi connectivity index (χ1) is 15.8. The van der Waals surface area contributed by atoms with Gasteiger partial charge in [0.15, 0.2) is 4.32 Å². The molecule has 0 radical (unpaired) electrons. The lowest BCUT2D eigenvalue weighted by atomic mass is 10.1. The lowest BCUT2D eigenvalue weighted by Gasteiger charge is -2.18. The SMILES string of the molecule is Cc1cccc(N2C(=O)/C(=C/c3cc(C)n(-c4ccc5ccccc5c4)c3C)SC2=S)c1C. The number of aromatic nitrogens is 1. The third-order valence-corrected chi connectivity index (χ3v) is 7.66. The number of thiocarbonyl (C=S) groups is 1. The number of aryl methyl sites for hydroxylation is 2. The van der Waals surface area contributed by atoms with Crippen LogP contribution in [-0.4, -0.2) is 14.8 Å². The maximum absolute atomic E-state index is 13.3. The fourth-order valence-corrected chi connectivity index (χ4v) is 5.72. The molecule has 1 amide bonds. The third-order valence-electron chi connectivity index (χ3n) is 6.36. The van der Waals surface area contributed by atoms with Gasteiger partial charge in [-0.25, -0.2) is 0 Å². The molecule has 33 heavy (non-hydrogen) atoms. The van der Waals surface area contributed by atoms with Crippen molar-refractivity contribution in [1.82, 2.24) is 4.57 Å². The number of carbonyl (C=O) groups excluding carboxylic acids is 1. The van der Waals surface area contributed by atoms with Crippen molar-refractivity contribution < 1.29 is 4.79 Å². The lowest BCUT2D eigenvalue weighted by Crippen LogP contribution is -2.28. The van der Waals surface area contributed by atoms with Gasteiger partial charge in [0, 0.05) is 17.1 Å². The summed E-state index contributed by atoms with van der Waals surface area (Å²) in [5.41, 5.74) is 7.45.